The fraction of sp³-hybridized carbons (Fsp3) is 0.200. The first kappa shape index (κ1) is 24.7. The highest BCUT2D eigenvalue weighted by Crippen LogP contribution is 2.42. The van der Waals surface area contributed by atoms with E-state index >= 15 is 0 Å². The number of rotatable bonds is 5. The average molecular weight is 498 g/mol. The van der Waals surface area contributed by atoms with Crippen molar-refractivity contribution < 1.29 is 32.6 Å². The van der Waals surface area contributed by atoms with Crippen molar-refractivity contribution in [2.24, 2.45) is 0 Å². The average Bonchev–Trinajstić information content (AvgIpc) is 3.09. The summed E-state index contributed by atoms with van der Waals surface area (Å²) >= 11 is 0. The van der Waals surface area contributed by atoms with Crippen LogP contribution in [-0.4, -0.2) is 47.5 Å². The monoisotopic (exact) mass is 498 g/mol. The molecule has 186 valence electrons. The summed E-state index contributed by atoms with van der Waals surface area (Å²) in [7, 11) is 3.68. The number of amides is 1. The van der Waals surface area contributed by atoms with Crippen LogP contribution >= 0.6 is 0 Å². The minimum Gasteiger partial charge on any atom is -0.507 e. The van der Waals surface area contributed by atoms with Gasteiger partial charge in [0.25, 0.3) is 5.78 Å². The minimum absolute atomic E-state index is 0.0466. The van der Waals surface area contributed by atoms with Crippen molar-refractivity contribution in [3.05, 3.63) is 83.1 Å². The molecule has 1 aliphatic rings. The van der Waals surface area contributed by atoms with Crippen molar-refractivity contribution in [3.63, 3.8) is 0 Å². The number of aryl methyl sites for hydroxylation is 1. The van der Waals surface area contributed by atoms with Crippen LogP contribution in [0.2, 0.25) is 0 Å². The normalized spacial score (nSPS) is 17.4. The molecule has 3 aromatic rings. The number of alkyl halides is 3. The van der Waals surface area contributed by atoms with Crippen molar-refractivity contribution in [2.75, 3.05) is 23.9 Å². The molecular weight excluding hydrogens is 477 g/mol. The third-order valence-electron chi connectivity index (χ3n) is 5.56. The van der Waals surface area contributed by atoms with Gasteiger partial charge in [0.15, 0.2) is 5.82 Å². The Kier molecular flexibility index (Phi) is 6.40. The lowest BCUT2D eigenvalue weighted by Crippen LogP contribution is -2.30. The van der Waals surface area contributed by atoms with Crippen LogP contribution in [-0.2, 0) is 9.59 Å². The SMILES string of the molecule is Cc1ccc(N2C(=O)C(=O)/C(=C(/O)c3ccc(N(C)C)cc3)C2c2ccc(OC(F)(F)F)cc2)nn1. The van der Waals surface area contributed by atoms with E-state index in [0.29, 0.717) is 5.69 Å². The number of Topliss-reactive ketones (excluding diaryl/α,β-unsaturated/α-hetero) is 1. The van der Waals surface area contributed by atoms with Crippen LogP contribution in [0, 0.1) is 6.92 Å². The maximum atomic E-state index is 13.1. The number of carbonyl (C=O) groups is 2. The quantitative estimate of drug-likeness (QED) is 0.317. The summed E-state index contributed by atoms with van der Waals surface area (Å²) < 4.78 is 41.8. The topological polar surface area (TPSA) is 95.9 Å². The van der Waals surface area contributed by atoms with Gasteiger partial charge in [-0.2, -0.15) is 5.10 Å². The molecule has 2 heterocycles. The molecule has 0 aliphatic carbocycles. The number of ketones is 1. The first-order chi connectivity index (χ1) is 17.0. The van der Waals surface area contributed by atoms with Crippen molar-refractivity contribution in [1.82, 2.24) is 10.2 Å². The van der Waals surface area contributed by atoms with E-state index in [1.54, 1.807) is 37.3 Å². The fourth-order valence-corrected chi connectivity index (χ4v) is 3.83. The molecule has 1 amide bonds. The number of halogens is 3. The van der Waals surface area contributed by atoms with Crippen molar-refractivity contribution in [3.8, 4) is 5.75 Å². The molecule has 8 nitrogen and oxygen atoms in total. The van der Waals surface area contributed by atoms with Crippen LogP contribution in [0.15, 0.2) is 66.2 Å². The second-order valence-corrected chi connectivity index (χ2v) is 8.26. The van der Waals surface area contributed by atoms with Crippen LogP contribution < -0.4 is 14.5 Å². The third kappa shape index (κ3) is 4.85. The first-order valence-corrected chi connectivity index (χ1v) is 10.7. The first-order valence-electron chi connectivity index (χ1n) is 10.7. The zero-order valence-electron chi connectivity index (χ0n) is 19.4. The molecule has 4 rings (SSSR count). The molecule has 1 unspecified atom stereocenters. The molecule has 1 saturated heterocycles. The molecule has 0 bridgehead atoms. The Balaban J connectivity index is 1.85. The highest BCUT2D eigenvalue weighted by atomic mass is 19.4. The fourth-order valence-electron chi connectivity index (χ4n) is 3.83. The second-order valence-electron chi connectivity index (χ2n) is 8.26. The number of aromatic nitrogens is 2. The Hall–Kier alpha value is -4.41. The molecule has 1 fully saturated rings. The van der Waals surface area contributed by atoms with E-state index in [4.69, 9.17) is 0 Å². The number of aliphatic hydroxyl groups is 1. The number of ether oxygens (including phenoxy) is 1. The van der Waals surface area contributed by atoms with Gasteiger partial charge in [-0.25, -0.2) is 0 Å². The number of benzene rings is 2. The zero-order valence-corrected chi connectivity index (χ0v) is 19.4. The summed E-state index contributed by atoms with van der Waals surface area (Å²) in [6, 6.07) is 13.3. The molecule has 2 aromatic carbocycles. The van der Waals surface area contributed by atoms with Crippen molar-refractivity contribution in [2.45, 2.75) is 19.3 Å². The predicted octanol–water partition coefficient (Wildman–Crippen LogP) is 4.38. The number of hydrogen-bond acceptors (Lipinski definition) is 7. The number of hydrogen-bond donors (Lipinski definition) is 1. The molecule has 1 aliphatic heterocycles. The summed E-state index contributed by atoms with van der Waals surface area (Å²) in [4.78, 5) is 29.2. The van der Waals surface area contributed by atoms with Gasteiger partial charge in [-0.15, -0.1) is 18.3 Å². The standard InChI is InChI=1S/C25H21F3N4O4/c1-14-4-13-19(30-29-14)32-21(15-7-11-18(12-8-15)36-25(26,27)28)20(23(34)24(32)35)22(33)16-5-9-17(10-6-16)31(2)3/h4-13,21,33H,1-3H3/b22-20+. The smallest absolute Gasteiger partial charge is 0.507 e. The molecule has 36 heavy (non-hydrogen) atoms. The Morgan fingerprint density at radius 1 is 0.972 bits per heavy atom. The van der Waals surface area contributed by atoms with Gasteiger partial charge in [0.1, 0.15) is 11.5 Å². The molecule has 1 atom stereocenters. The molecule has 11 heteroatoms. The van der Waals surface area contributed by atoms with Gasteiger partial charge >= 0.3 is 12.3 Å². The van der Waals surface area contributed by atoms with Gasteiger partial charge in [-0.1, -0.05) is 12.1 Å². The zero-order chi connectivity index (χ0) is 26.2. The minimum atomic E-state index is -4.88. The summed E-state index contributed by atoms with van der Waals surface area (Å²) in [5.41, 5.74) is 1.73. The van der Waals surface area contributed by atoms with E-state index in [1.165, 1.54) is 18.2 Å². The van der Waals surface area contributed by atoms with E-state index < -0.39 is 35.6 Å². The maximum Gasteiger partial charge on any atom is 0.573 e. The van der Waals surface area contributed by atoms with Crippen molar-refractivity contribution in [1.29, 1.82) is 0 Å². The molecule has 1 aromatic heterocycles. The largest absolute Gasteiger partial charge is 0.573 e. The van der Waals surface area contributed by atoms with Gasteiger partial charge < -0.3 is 14.7 Å². The lowest BCUT2D eigenvalue weighted by molar-refractivity contribution is -0.274. The number of carbonyl (C=O) groups excluding carboxylic acids is 2. The van der Waals surface area contributed by atoms with E-state index in [0.717, 1.165) is 22.7 Å². The van der Waals surface area contributed by atoms with E-state index in [-0.39, 0.29) is 22.5 Å². The summed E-state index contributed by atoms with van der Waals surface area (Å²) in [6.07, 6.45) is -4.88. The Labute approximate surface area is 204 Å². The highest BCUT2D eigenvalue weighted by molar-refractivity contribution is 6.51. The Morgan fingerprint density at radius 3 is 2.14 bits per heavy atom. The molecule has 0 spiro atoms. The van der Waals surface area contributed by atoms with Crippen LogP contribution in [0.5, 0.6) is 5.75 Å². The predicted molar refractivity (Wildman–Crippen MR) is 125 cm³/mol. The van der Waals surface area contributed by atoms with Gasteiger partial charge in [0, 0.05) is 25.3 Å². The van der Waals surface area contributed by atoms with Crippen LogP contribution in [0.25, 0.3) is 5.76 Å². The van der Waals surface area contributed by atoms with Crippen LogP contribution in [0.3, 0.4) is 0 Å². The molecular formula is C25H21F3N4O4. The van der Waals surface area contributed by atoms with Gasteiger partial charge in [-0.05, 0) is 61.0 Å². The lowest BCUT2D eigenvalue weighted by atomic mass is 9.95. The summed E-state index contributed by atoms with van der Waals surface area (Å²) in [6.45, 7) is 1.69. The van der Waals surface area contributed by atoms with Gasteiger partial charge in [-0.3, -0.25) is 14.5 Å². The lowest BCUT2D eigenvalue weighted by Gasteiger charge is -2.24. The summed E-state index contributed by atoms with van der Waals surface area (Å²) in [5.74, 6) is -2.78. The molecule has 0 radical (unpaired) electrons. The number of anilines is 2. The highest BCUT2D eigenvalue weighted by Gasteiger charge is 2.47. The van der Waals surface area contributed by atoms with E-state index in [2.05, 4.69) is 14.9 Å². The number of aliphatic hydroxyl groups excluding tert-OH is 1. The van der Waals surface area contributed by atoms with Gasteiger partial charge in [0.05, 0.1) is 17.3 Å². The maximum absolute atomic E-state index is 13.1. The van der Waals surface area contributed by atoms with Crippen molar-refractivity contribution >= 4 is 29.0 Å². The summed E-state index contributed by atoms with van der Waals surface area (Å²) in [5, 5.41) is 19.1. The Morgan fingerprint density at radius 2 is 1.61 bits per heavy atom. The van der Waals surface area contributed by atoms with E-state index in [9.17, 15) is 27.9 Å². The second kappa shape index (κ2) is 9.33. The number of nitrogens with zero attached hydrogens (tertiary/aromatic N) is 4. The third-order valence-corrected chi connectivity index (χ3v) is 5.56. The van der Waals surface area contributed by atoms with Gasteiger partial charge in [0.2, 0.25) is 0 Å². The van der Waals surface area contributed by atoms with Crippen LogP contribution in [0.1, 0.15) is 22.9 Å². The Bertz CT molecular complexity index is 1320. The molecule has 1 N–H and O–H groups in total. The van der Waals surface area contributed by atoms with E-state index in [1.807, 2.05) is 19.0 Å². The van der Waals surface area contributed by atoms with Crippen LogP contribution in [0.4, 0.5) is 24.7 Å². The molecule has 0 saturated carbocycles.